The van der Waals surface area contributed by atoms with Gasteiger partial charge in [0.05, 0.1) is 12.7 Å². The Morgan fingerprint density at radius 3 is 2.79 bits per heavy atom. The third-order valence-electron chi connectivity index (χ3n) is 2.81. The molecule has 2 heteroatoms. The zero-order valence-corrected chi connectivity index (χ0v) is 8.59. The second-order valence-electron chi connectivity index (χ2n) is 3.69. The maximum absolute atomic E-state index is 11.3. The molecule has 0 unspecified atom stereocenters. The number of Topliss-reactive ketones (excluding diaryl/α,β-unsaturated/α-hetero) is 1. The predicted octanol–water partition coefficient (Wildman–Crippen LogP) is 2.39. The molecule has 0 fully saturated rings. The summed E-state index contributed by atoms with van der Waals surface area (Å²) in [5.74, 6) is 0.879. The van der Waals surface area contributed by atoms with Crippen LogP contribution in [0.5, 0.6) is 5.75 Å². The standard InChI is InChI=1S/C12H14O2/c1-8(13)10-7-6-9-4-3-5-11(9)12(10)14-2/h6-7H,3-5H2,1-2H3. The van der Waals surface area contributed by atoms with Crippen molar-refractivity contribution in [3.8, 4) is 5.75 Å². The fourth-order valence-electron chi connectivity index (χ4n) is 2.14. The summed E-state index contributed by atoms with van der Waals surface area (Å²) in [5, 5.41) is 0. The number of fused-ring (bicyclic) bond motifs is 1. The summed E-state index contributed by atoms with van der Waals surface area (Å²) < 4.78 is 5.33. The highest BCUT2D eigenvalue weighted by molar-refractivity contribution is 5.97. The third-order valence-corrected chi connectivity index (χ3v) is 2.81. The fraction of sp³-hybridized carbons (Fsp3) is 0.417. The van der Waals surface area contributed by atoms with Crippen molar-refractivity contribution >= 4 is 5.78 Å². The van der Waals surface area contributed by atoms with E-state index in [-0.39, 0.29) is 5.78 Å². The van der Waals surface area contributed by atoms with Gasteiger partial charge in [0.25, 0.3) is 0 Å². The van der Waals surface area contributed by atoms with Crippen molar-refractivity contribution in [2.24, 2.45) is 0 Å². The molecule has 0 N–H and O–H groups in total. The van der Waals surface area contributed by atoms with Crippen molar-refractivity contribution in [3.63, 3.8) is 0 Å². The molecule has 1 aliphatic carbocycles. The molecular weight excluding hydrogens is 176 g/mol. The molecule has 74 valence electrons. The predicted molar refractivity (Wildman–Crippen MR) is 55.0 cm³/mol. The van der Waals surface area contributed by atoms with E-state index in [1.54, 1.807) is 14.0 Å². The number of aryl methyl sites for hydroxylation is 1. The SMILES string of the molecule is COc1c(C(C)=O)ccc2c1CCC2. The molecule has 1 aromatic carbocycles. The van der Waals surface area contributed by atoms with Gasteiger partial charge in [0.1, 0.15) is 5.75 Å². The largest absolute Gasteiger partial charge is 0.496 e. The van der Waals surface area contributed by atoms with Gasteiger partial charge in [-0.2, -0.15) is 0 Å². The van der Waals surface area contributed by atoms with Gasteiger partial charge in [-0.15, -0.1) is 0 Å². The number of ketones is 1. The first kappa shape index (κ1) is 9.25. The normalized spacial score (nSPS) is 13.9. The Kier molecular flexibility index (Phi) is 2.28. The smallest absolute Gasteiger partial charge is 0.163 e. The minimum atomic E-state index is 0.0801. The molecule has 0 heterocycles. The Labute approximate surface area is 83.9 Å². The molecule has 0 saturated heterocycles. The summed E-state index contributed by atoms with van der Waals surface area (Å²) in [7, 11) is 1.64. The Morgan fingerprint density at radius 1 is 1.36 bits per heavy atom. The fourth-order valence-corrected chi connectivity index (χ4v) is 2.14. The minimum absolute atomic E-state index is 0.0801. The van der Waals surface area contributed by atoms with E-state index in [1.807, 2.05) is 6.07 Å². The third kappa shape index (κ3) is 1.31. The lowest BCUT2D eigenvalue weighted by Gasteiger charge is -2.10. The summed E-state index contributed by atoms with van der Waals surface area (Å²) in [6, 6.07) is 3.94. The van der Waals surface area contributed by atoms with E-state index in [1.165, 1.54) is 17.5 Å². The minimum Gasteiger partial charge on any atom is -0.496 e. The number of carbonyl (C=O) groups is 1. The van der Waals surface area contributed by atoms with Crippen LogP contribution in [-0.2, 0) is 12.8 Å². The molecule has 0 radical (unpaired) electrons. The summed E-state index contributed by atoms with van der Waals surface area (Å²) >= 11 is 0. The number of ether oxygens (including phenoxy) is 1. The van der Waals surface area contributed by atoms with Crippen molar-refractivity contribution in [1.82, 2.24) is 0 Å². The van der Waals surface area contributed by atoms with E-state index in [9.17, 15) is 4.79 Å². The lowest BCUT2D eigenvalue weighted by Crippen LogP contribution is -2.01. The molecule has 2 rings (SSSR count). The highest BCUT2D eigenvalue weighted by atomic mass is 16.5. The zero-order valence-electron chi connectivity index (χ0n) is 8.59. The van der Waals surface area contributed by atoms with Crippen LogP contribution < -0.4 is 4.74 Å². The maximum atomic E-state index is 11.3. The van der Waals surface area contributed by atoms with Crippen molar-refractivity contribution in [2.75, 3.05) is 7.11 Å². The topological polar surface area (TPSA) is 26.3 Å². The molecule has 2 nitrogen and oxygen atoms in total. The lowest BCUT2D eigenvalue weighted by molar-refractivity contribution is 0.101. The van der Waals surface area contributed by atoms with Crippen LogP contribution in [-0.4, -0.2) is 12.9 Å². The van der Waals surface area contributed by atoms with Gasteiger partial charge in [0.2, 0.25) is 0 Å². The van der Waals surface area contributed by atoms with Crippen molar-refractivity contribution in [2.45, 2.75) is 26.2 Å². The summed E-state index contributed by atoms with van der Waals surface area (Å²) in [4.78, 5) is 11.3. The Balaban J connectivity index is 2.59. The van der Waals surface area contributed by atoms with Crippen LogP contribution in [0.1, 0.15) is 34.8 Å². The highest BCUT2D eigenvalue weighted by Gasteiger charge is 2.19. The molecule has 0 bridgehead atoms. The first-order valence-electron chi connectivity index (χ1n) is 4.93. The first-order valence-corrected chi connectivity index (χ1v) is 4.93. The van der Waals surface area contributed by atoms with Gasteiger partial charge in [0.15, 0.2) is 5.78 Å². The molecule has 0 saturated carbocycles. The molecule has 0 amide bonds. The number of rotatable bonds is 2. The van der Waals surface area contributed by atoms with E-state index in [4.69, 9.17) is 4.74 Å². The molecule has 0 aromatic heterocycles. The maximum Gasteiger partial charge on any atom is 0.163 e. The van der Waals surface area contributed by atoms with Gasteiger partial charge in [0, 0.05) is 0 Å². The monoisotopic (exact) mass is 190 g/mol. The van der Waals surface area contributed by atoms with Gasteiger partial charge >= 0.3 is 0 Å². The van der Waals surface area contributed by atoms with E-state index in [2.05, 4.69) is 6.07 Å². The molecule has 0 spiro atoms. The van der Waals surface area contributed by atoms with E-state index in [0.717, 1.165) is 18.6 Å². The van der Waals surface area contributed by atoms with E-state index < -0.39 is 0 Å². The summed E-state index contributed by atoms with van der Waals surface area (Å²) in [6.07, 6.45) is 3.33. The van der Waals surface area contributed by atoms with Crippen molar-refractivity contribution in [3.05, 3.63) is 28.8 Å². The van der Waals surface area contributed by atoms with Gasteiger partial charge in [-0.05, 0) is 43.4 Å². The summed E-state index contributed by atoms with van der Waals surface area (Å²) in [6.45, 7) is 1.58. The second kappa shape index (κ2) is 3.45. The highest BCUT2D eigenvalue weighted by Crippen LogP contribution is 2.33. The van der Waals surface area contributed by atoms with Gasteiger partial charge in [-0.1, -0.05) is 6.07 Å². The zero-order chi connectivity index (χ0) is 10.1. The van der Waals surface area contributed by atoms with Crippen LogP contribution in [0.3, 0.4) is 0 Å². The van der Waals surface area contributed by atoms with Crippen LogP contribution in [0.2, 0.25) is 0 Å². The van der Waals surface area contributed by atoms with Gasteiger partial charge in [-0.3, -0.25) is 4.79 Å². The number of benzene rings is 1. The Morgan fingerprint density at radius 2 is 2.14 bits per heavy atom. The average Bonchev–Trinajstić information content (AvgIpc) is 2.63. The average molecular weight is 190 g/mol. The van der Waals surface area contributed by atoms with E-state index >= 15 is 0 Å². The van der Waals surface area contributed by atoms with Crippen LogP contribution in [0.4, 0.5) is 0 Å². The molecule has 1 aliphatic rings. The molecule has 0 atom stereocenters. The van der Waals surface area contributed by atoms with Crippen LogP contribution in [0, 0.1) is 0 Å². The number of hydrogen-bond acceptors (Lipinski definition) is 2. The van der Waals surface area contributed by atoms with Gasteiger partial charge in [-0.25, -0.2) is 0 Å². The van der Waals surface area contributed by atoms with Gasteiger partial charge < -0.3 is 4.74 Å². The molecule has 0 aliphatic heterocycles. The van der Waals surface area contributed by atoms with E-state index in [0.29, 0.717) is 5.56 Å². The first-order chi connectivity index (χ1) is 6.74. The lowest BCUT2D eigenvalue weighted by atomic mass is 10.0. The summed E-state index contributed by atoms with van der Waals surface area (Å²) in [5.41, 5.74) is 3.29. The second-order valence-corrected chi connectivity index (χ2v) is 3.69. The quantitative estimate of drug-likeness (QED) is 0.669. The van der Waals surface area contributed by atoms with Crippen molar-refractivity contribution in [1.29, 1.82) is 0 Å². The molecular formula is C12H14O2. The van der Waals surface area contributed by atoms with Crippen LogP contribution in [0.25, 0.3) is 0 Å². The van der Waals surface area contributed by atoms with Crippen LogP contribution in [0.15, 0.2) is 12.1 Å². The van der Waals surface area contributed by atoms with Crippen molar-refractivity contribution < 1.29 is 9.53 Å². The molecule has 14 heavy (non-hydrogen) atoms. The number of carbonyl (C=O) groups excluding carboxylic acids is 1. The number of methoxy groups -OCH3 is 1. The number of hydrogen-bond donors (Lipinski definition) is 0. The Bertz CT molecular complexity index is 380. The Hall–Kier alpha value is -1.31. The van der Waals surface area contributed by atoms with Crippen LogP contribution >= 0.6 is 0 Å². The molecule has 1 aromatic rings.